The molecule has 0 amide bonds. The predicted octanol–water partition coefficient (Wildman–Crippen LogP) is 0.923. The van der Waals surface area contributed by atoms with Crippen molar-refractivity contribution in [2.75, 3.05) is 13.1 Å². The monoisotopic (exact) mass is 155 g/mol. The summed E-state index contributed by atoms with van der Waals surface area (Å²) < 4.78 is 0. The van der Waals surface area contributed by atoms with Gasteiger partial charge in [-0.25, -0.2) is 0 Å². The fourth-order valence-corrected chi connectivity index (χ4v) is 1.65. The third kappa shape index (κ3) is 1.47. The molecular weight excluding hydrogens is 138 g/mol. The quantitative estimate of drug-likeness (QED) is 0.552. The molecule has 0 aliphatic carbocycles. The summed E-state index contributed by atoms with van der Waals surface area (Å²) in [5, 5.41) is 13.3. The Balaban J connectivity index is 2.72. The minimum atomic E-state index is -0.620. The molecule has 0 spiro atoms. The molecule has 2 nitrogen and oxygen atoms in total. The minimum absolute atomic E-state index is 0.286. The van der Waals surface area contributed by atoms with Crippen LogP contribution in [-0.4, -0.2) is 23.8 Å². The van der Waals surface area contributed by atoms with Gasteiger partial charge < -0.3 is 10.4 Å². The summed E-state index contributed by atoms with van der Waals surface area (Å²) in [7, 11) is 0. The summed E-state index contributed by atoms with van der Waals surface area (Å²) in [5.74, 6) is 0.286. The average molecular weight is 155 g/mol. The number of nitrogens with one attached hydrogen (secondary N) is 1. The first-order valence-corrected chi connectivity index (χ1v) is 4.16. The fourth-order valence-electron chi connectivity index (χ4n) is 1.65. The molecule has 0 saturated carbocycles. The SMILES string of the molecule is C=C(C)C1(O)CCNCC1C. The smallest absolute Gasteiger partial charge is 0.0901 e. The van der Waals surface area contributed by atoms with E-state index >= 15 is 0 Å². The average Bonchev–Trinajstić information content (AvgIpc) is 1.95. The van der Waals surface area contributed by atoms with Crippen LogP contribution in [0.3, 0.4) is 0 Å². The summed E-state index contributed by atoms with van der Waals surface area (Å²) >= 11 is 0. The second kappa shape index (κ2) is 2.95. The maximum Gasteiger partial charge on any atom is 0.0901 e. The molecule has 0 radical (unpaired) electrons. The maximum absolute atomic E-state index is 10.1. The Hall–Kier alpha value is -0.340. The first-order chi connectivity index (χ1) is 5.07. The van der Waals surface area contributed by atoms with Gasteiger partial charge in [-0.2, -0.15) is 0 Å². The molecule has 0 aromatic heterocycles. The van der Waals surface area contributed by atoms with Gasteiger partial charge in [-0.05, 0) is 25.5 Å². The van der Waals surface area contributed by atoms with Crippen LogP contribution < -0.4 is 5.32 Å². The van der Waals surface area contributed by atoms with Crippen LogP contribution in [0.1, 0.15) is 20.3 Å². The largest absolute Gasteiger partial charge is 0.385 e. The highest BCUT2D eigenvalue weighted by Crippen LogP contribution is 2.29. The van der Waals surface area contributed by atoms with Gasteiger partial charge in [0.2, 0.25) is 0 Å². The van der Waals surface area contributed by atoms with Crippen molar-refractivity contribution >= 4 is 0 Å². The van der Waals surface area contributed by atoms with E-state index in [1.807, 2.05) is 6.92 Å². The molecule has 1 heterocycles. The highest BCUT2D eigenvalue weighted by molar-refractivity contribution is 5.13. The topological polar surface area (TPSA) is 32.3 Å². The van der Waals surface area contributed by atoms with Crippen LogP contribution in [0.2, 0.25) is 0 Å². The van der Waals surface area contributed by atoms with E-state index in [2.05, 4.69) is 18.8 Å². The lowest BCUT2D eigenvalue weighted by Gasteiger charge is -2.39. The third-order valence-electron chi connectivity index (χ3n) is 2.69. The highest BCUT2D eigenvalue weighted by atomic mass is 16.3. The summed E-state index contributed by atoms with van der Waals surface area (Å²) in [5.41, 5.74) is 0.275. The molecule has 11 heavy (non-hydrogen) atoms. The number of hydrogen-bond donors (Lipinski definition) is 2. The van der Waals surface area contributed by atoms with Gasteiger partial charge in [0, 0.05) is 12.5 Å². The molecule has 2 heteroatoms. The Labute approximate surface area is 68.3 Å². The van der Waals surface area contributed by atoms with Crippen molar-refractivity contribution in [3.63, 3.8) is 0 Å². The van der Waals surface area contributed by atoms with Crippen molar-refractivity contribution in [3.05, 3.63) is 12.2 Å². The normalized spacial score (nSPS) is 38.6. The van der Waals surface area contributed by atoms with E-state index in [1.165, 1.54) is 0 Å². The van der Waals surface area contributed by atoms with Gasteiger partial charge in [-0.1, -0.05) is 13.5 Å². The molecule has 1 saturated heterocycles. The Bertz CT molecular complexity index is 167. The summed E-state index contributed by atoms with van der Waals surface area (Å²) in [6, 6.07) is 0. The zero-order valence-electron chi connectivity index (χ0n) is 7.35. The van der Waals surface area contributed by atoms with E-state index in [0.29, 0.717) is 0 Å². The van der Waals surface area contributed by atoms with Crippen LogP contribution in [0.5, 0.6) is 0 Å². The molecule has 1 fully saturated rings. The van der Waals surface area contributed by atoms with Gasteiger partial charge in [0.1, 0.15) is 0 Å². The Morgan fingerprint density at radius 3 is 2.73 bits per heavy atom. The molecular formula is C9H17NO. The third-order valence-corrected chi connectivity index (χ3v) is 2.69. The standard InChI is InChI=1S/C9H17NO/c1-7(2)9(11)4-5-10-6-8(9)3/h8,10-11H,1,4-6H2,2-3H3. The van der Waals surface area contributed by atoms with E-state index in [9.17, 15) is 5.11 Å². The zero-order chi connectivity index (χ0) is 8.48. The zero-order valence-corrected chi connectivity index (χ0v) is 7.35. The Kier molecular flexibility index (Phi) is 2.35. The number of hydrogen-bond acceptors (Lipinski definition) is 2. The lowest BCUT2D eigenvalue weighted by atomic mass is 9.78. The molecule has 64 valence electrons. The van der Waals surface area contributed by atoms with Gasteiger partial charge in [-0.15, -0.1) is 0 Å². The van der Waals surface area contributed by atoms with E-state index < -0.39 is 5.60 Å². The first-order valence-electron chi connectivity index (χ1n) is 4.16. The molecule has 2 N–H and O–H groups in total. The van der Waals surface area contributed by atoms with Gasteiger partial charge in [0.05, 0.1) is 5.60 Å². The molecule has 1 rings (SSSR count). The fraction of sp³-hybridized carbons (Fsp3) is 0.778. The lowest BCUT2D eigenvalue weighted by Crippen LogP contribution is -2.49. The van der Waals surface area contributed by atoms with Gasteiger partial charge in [-0.3, -0.25) is 0 Å². The second-order valence-electron chi connectivity index (χ2n) is 3.56. The lowest BCUT2D eigenvalue weighted by molar-refractivity contribution is 0.00106. The van der Waals surface area contributed by atoms with Crippen LogP contribution in [0, 0.1) is 5.92 Å². The van der Waals surface area contributed by atoms with E-state index in [-0.39, 0.29) is 5.92 Å². The molecule has 2 unspecified atom stereocenters. The Morgan fingerprint density at radius 1 is 1.73 bits per heavy atom. The molecule has 2 atom stereocenters. The molecule has 0 aromatic rings. The minimum Gasteiger partial charge on any atom is -0.385 e. The summed E-state index contributed by atoms with van der Waals surface area (Å²) in [6.07, 6.45) is 0.795. The van der Waals surface area contributed by atoms with E-state index in [1.54, 1.807) is 0 Å². The number of aliphatic hydroxyl groups is 1. The first kappa shape index (κ1) is 8.75. The van der Waals surface area contributed by atoms with Crippen molar-refractivity contribution in [1.29, 1.82) is 0 Å². The van der Waals surface area contributed by atoms with Crippen LogP contribution in [-0.2, 0) is 0 Å². The van der Waals surface area contributed by atoms with Crippen LogP contribution >= 0.6 is 0 Å². The van der Waals surface area contributed by atoms with Gasteiger partial charge in [0.25, 0.3) is 0 Å². The van der Waals surface area contributed by atoms with E-state index in [0.717, 1.165) is 25.1 Å². The molecule has 1 aliphatic heterocycles. The number of piperidine rings is 1. The second-order valence-corrected chi connectivity index (χ2v) is 3.56. The summed E-state index contributed by atoms with van der Waals surface area (Å²) in [4.78, 5) is 0. The van der Waals surface area contributed by atoms with Crippen molar-refractivity contribution in [2.45, 2.75) is 25.9 Å². The van der Waals surface area contributed by atoms with Crippen LogP contribution in [0.4, 0.5) is 0 Å². The number of rotatable bonds is 1. The van der Waals surface area contributed by atoms with Crippen molar-refractivity contribution in [1.82, 2.24) is 5.32 Å². The van der Waals surface area contributed by atoms with Gasteiger partial charge >= 0.3 is 0 Å². The Morgan fingerprint density at radius 2 is 2.36 bits per heavy atom. The van der Waals surface area contributed by atoms with Crippen molar-refractivity contribution in [3.8, 4) is 0 Å². The molecule has 0 bridgehead atoms. The maximum atomic E-state index is 10.1. The van der Waals surface area contributed by atoms with Crippen molar-refractivity contribution < 1.29 is 5.11 Å². The van der Waals surface area contributed by atoms with Gasteiger partial charge in [0.15, 0.2) is 0 Å². The van der Waals surface area contributed by atoms with Crippen LogP contribution in [0.25, 0.3) is 0 Å². The summed E-state index contributed by atoms with van der Waals surface area (Å²) in [6.45, 7) is 9.57. The predicted molar refractivity (Wildman–Crippen MR) is 46.4 cm³/mol. The molecule has 1 aliphatic rings. The van der Waals surface area contributed by atoms with E-state index in [4.69, 9.17) is 0 Å². The highest BCUT2D eigenvalue weighted by Gasteiger charge is 2.36. The molecule has 0 aromatic carbocycles. The van der Waals surface area contributed by atoms with Crippen LogP contribution in [0.15, 0.2) is 12.2 Å². The van der Waals surface area contributed by atoms with Crippen molar-refractivity contribution in [2.24, 2.45) is 5.92 Å².